The monoisotopic (exact) mass is 298 g/mol. The Balaban J connectivity index is 1.73. The lowest BCUT2D eigenvalue weighted by Crippen LogP contribution is -2.24. The number of nitrogens with two attached hydrogens (primary N) is 1. The molecule has 0 spiro atoms. The summed E-state index contributed by atoms with van der Waals surface area (Å²) in [5, 5.41) is 0. The first-order valence-corrected chi connectivity index (χ1v) is 7.18. The summed E-state index contributed by atoms with van der Waals surface area (Å²) >= 11 is 0. The molecular formula is C16H18N4O2. The molecule has 6 heteroatoms. The zero-order valence-electron chi connectivity index (χ0n) is 12.4. The van der Waals surface area contributed by atoms with E-state index in [4.69, 9.17) is 10.5 Å². The number of benzene rings is 1. The normalized spacial score (nSPS) is 17.8. The molecule has 2 N–H and O–H groups in total. The molecule has 0 aliphatic carbocycles. The molecule has 0 radical (unpaired) electrons. The van der Waals surface area contributed by atoms with Gasteiger partial charge in [-0.25, -0.2) is 4.98 Å². The lowest BCUT2D eigenvalue weighted by Gasteiger charge is -2.16. The number of anilines is 2. The van der Waals surface area contributed by atoms with Gasteiger partial charge in [0.05, 0.1) is 12.8 Å². The molecule has 114 valence electrons. The van der Waals surface area contributed by atoms with Crippen molar-refractivity contribution in [2.24, 2.45) is 5.92 Å². The molecule has 1 aromatic heterocycles. The maximum Gasteiger partial charge on any atom is 0.227 e. The van der Waals surface area contributed by atoms with Gasteiger partial charge in [-0.3, -0.25) is 4.79 Å². The lowest BCUT2D eigenvalue weighted by atomic mass is 10.0. The van der Waals surface area contributed by atoms with E-state index in [-0.39, 0.29) is 17.8 Å². The third-order valence-corrected chi connectivity index (χ3v) is 3.75. The van der Waals surface area contributed by atoms with Gasteiger partial charge in [0.1, 0.15) is 0 Å². The van der Waals surface area contributed by atoms with Crippen molar-refractivity contribution in [2.45, 2.75) is 12.8 Å². The van der Waals surface area contributed by atoms with Gasteiger partial charge in [0.2, 0.25) is 17.7 Å². The number of hydrogen-bond donors (Lipinski definition) is 1. The van der Waals surface area contributed by atoms with E-state index in [1.807, 2.05) is 35.2 Å². The molecule has 1 atom stereocenters. The van der Waals surface area contributed by atoms with Crippen LogP contribution in [0.5, 0.6) is 5.88 Å². The van der Waals surface area contributed by atoms with Crippen molar-refractivity contribution < 1.29 is 9.53 Å². The van der Waals surface area contributed by atoms with Gasteiger partial charge in [-0.1, -0.05) is 18.2 Å². The SMILES string of the molecule is COc1cc(CC2CC(=O)N(c3ccccc3)C2)nc(N)n1. The summed E-state index contributed by atoms with van der Waals surface area (Å²) < 4.78 is 5.10. The van der Waals surface area contributed by atoms with Crippen molar-refractivity contribution in [3.05, 3.63) is 42.1 Å². The van der Waals surface area contributed by atoms with E-state index in [1.165, 1.54) is 0 Å². The van der Waals surface area contributed by atoms with E-state index >= 15 is 0 Å². The van der Waals surface area contributed by atoms with Gasteiger partial charge in [-0.05, 0) is 24.5 Å². The zero-order valence-corrected chi connectivity index (χ0v) is 12.4. The fourth-order valence-electron chi connectivity index (χ4n) is 2.77. The first kappa shape index (κ1) is 14.3. The standard InChI is InChI=1S/C16H18N4O2/c1-22-14-9-12(18-16(17)19-14)7-11-8-15(21)20(10-11)13-5-3-2-4-6-13/h2-6,9,11H,7-8,10H2,1H3,(H2,17,18,19). The minimum absolute atomic E-state index is 0.144. The van der Waals surface area contributed by atoms with Gasteiger partial charge in [0.15, 0.2) is 0 Å². The number of carbonyl (C=O) groups is 1. The summed E-state index contributed by atoms with van der Waals surface area (Å²) in [5.41, 5.74) is 7.42. The summed E-state index contributed by atoms with van der Waals surface area (Å²) in [4.78, 5) is 22.2. The van der Waals surface area contributed by atoms with Gasteiger partial charge in [-0.2, -0.15) is 4.98 Å². The molecule has 2 aromatic rings. The van der Waals surface area contributed by atoms with Crippen LogP contribution in [0.4, 0.5) is 11.6 Å². The summed E-state index contributed by atoms with van der Waals surface area (Å²) in [6.07, 6.45) is 1.19. The molecule has 6 nitrogen and oxygen atoms in total. The van der Waals surface area contributed by atoms with Crippen LogP contribution in [0.2, 0.25) is 0 Å². The van der Waals surface area contributed by atoms with Crippen LogP contribution >= 0.6 is 0 Å². The van der Waals surface area contributed by atoms with Gasteiger partial charge in [0, 0.05) is 24.7 Å². The summed E-state index contributed by atoms with van der Waals surface area (Å²) in [6.45, 7) is 0.690. The number of hydrogen-bond acceptors (Lipinski definition) is 5. The smallest absolute Gasteiger partial charge is 0.227 e. The van der Waals surface area contributed by atoms with Crippen LogP contribution in [0, 0.1) is 5.92 Å². The Kier molecular flexibility index (Phi) is 3.91. The average Bonchev–Trinajstić information content (AvgIpc) is 2.88. The Bertz CT molecular complexity index is 675. The van der Waals surface area contributed by atoms with E-state index in [1.54, 1.807) is 13.2 Å². The van der Waals surface area contributed by atoms with Gasteiger partial charge < -0.3 is 15.4 Å². The number of nitrogen functional groups attached to an aromatic ring is 1. The molecule has 0 bridgehead atoms. The molecule has 1 fully saturated rings. The van der Waals surface area contributed by atoms with E-state index < -0.39 is 0 Å². The van der Waals surface area contributed by atoms with Crippen molar-refractivity contribution in [3.8, 4) is 5.88 Å². The maximum atomic E-state index is 12.2. The molecule has 22 heavy (non-hydrogen) atoms. The van der Waals surface area contributed by atoms with E-state index in [0.717, 1.165) is 11.4 Å². The third kappa shape index (κ3) is 3.00. The highest BCUT2D eigenvalue weighted by atomic mass is 16.5. The number of rotatable bonds is 4. The fourth-order valence-corrected chi connectivity index (χ4v) is 2.77. The Morgan fingerprint density at radius 2 is 2.09 bits per heavy atom. The van der Waals surface area contributed by atoms with Gasteiger partial charge in [0.25, 0.3) is 0 Å². The van der Waals surface area contributed by atoms with Gasteiger partial charge in [-0.15, -0.1) is 0 Å². The Morgan fingerprint density at radius 1 is 1.32 bits per heavy atom. The van der Waals surface area contributed by atoms with Gasteiger partial charge >= 0.3 is 0 Å². The zero-order chi connectivity index (χ0) is 15.5. The Hall–Kier alpha value is -2.63. The number of nitrogens with zero attached hydrogens (tertiary/aromatic N) is 3. The topological polar surface area (TPSA) is 81.3 Å². The predicted octanol–water partition coefficient (Wildman–Crippen LogP) is 1.66. The second kappa shape index (κ2) is 6.01. The van der Waals surface area contributed by atoms with Crippen molar-refractivity contribution >= 4 is 17.5 Å². The molecule has 0 saturated carbocycles. The quantitative estimate of drug-likeness (QED) is 0.928. The number of amides is 1. The second-order valence-corrected chi connectivity index (χ2v) is 5.37. The molecular weight excluding hydrogens is 280 g/mol. The van der Waals surface area contributed by atoms with E-state index in [0.29, 0.717) is 25.3 Å². The number of aromatic nitrogens is 2. The van der Waals surface area contributed by atoms with Crippen LogP contribution in [-0.2, 0) is 11.2 Å². The molecule has 1 unspecified atom stereocenters. The molecule has 3 rings (SSSR count). The van der Waals surface area contributed by atoms with Crippen molar-refractivity contribution in [3.63, 3.8) is 0 Å². The van der Waals surface area contributed by atoms with E-state index in [2.05, 4.69) is 9.97 Å². The Morgan fingerprint density at radius 3 is 2.82 bits per heavy atom. The summed E-state index contributed by atoms with van der Waals surface area (Å²) in [6, 6.07) is 11.5. The van der Waals surface area contributed by atoms with Crippen molar-refractivity contribution in [2.75, 3.05) is 24.3 Å². The first-order chi connectivity index (χ1) is 10.7. The van der Waals surface area contributed by atoms with Crippen LogP contribution in [0.15, 0.2) is 36.4 Å². The van der Waals surface area contributed by atoms with Crippen molar-refractivity contribution in [1.29, 1.82) is 0 Å². The molecule has 2 heterocycles. The number of para-hydroxylation sites is 1. The fraction of sp³-hybridized carbons (Fsp3) is 0.312. The molecule has 1 aromatic carbocycles. The molecule has 1 aliphatic heterocycles. The minimum atomic E-state index is 0.144. The third-order valence-electron chi connectivity index (χ3n) is 3.75. The summed E-state index contributed by atoms with van der Waals surface area (Å²) in [7, 11) is 1.54. The van der Waals surface area contributed by atoms with Crippen LogP contribution < -0.4 is 15.4 Å². The lowest BCUT2D eigenvalue weighted by molar-refractivity contribution is -0.117. The number of methoxy groups -OCH3 is 1. The molecule has 1 saturated heterocycles. The Labute approximate surface area is 128 Å². The highest BCUT2D eigenvalue weighted by molar-refractivity contribution is 5.95. The summed E-state index contributed by atoms with van der Waals surface area (Å²) in [5.74, 6) is 1.00. The van der Waals surface area contributed by atoms with Crippen LogP contribution in [0.1, 0.15) is 12.1 Å². The van der Waals surface area contributed by atoms with Crippen LogP contribution in [-0.4, -0.2) is 29.5 Å². The first-order valence-electron chi connectivity index (χ1n) is 7.18. The number of carbonyl (C=O) groups excluding carboxylic acids is 1. The average molecular weight is 298 g/mol. The minimum Gasteiger partial charge on any atom is -0.481 e. The van der Waals surface area contributed by atoms with Crippen molar-refractivity contribution in [1.82, 2.24) is 9.97 Å². The highest BCUT2D eigenvalue weighted by Gasteiger charge is 2.30. The molecule has 1 amide bonds. The largest absolute Gasteiger partial charge is 0.481 e. The highest BCUT2D eigenvalue weighted by Crippen LogP contribution is 2.27. The van der Waals surface area contributed by atoms with Crippen LogP contribution in [0.3, 0.4) is 0 Å². The van der Waals surface area contributed by atoms with Crippen LogP contribution in [0.25, 0.3) is 0 Å². The van der Waals surface area contributed by atoms with E-state index in [9.17, 15) is 4.79 Å². The predicted molar refractivity (Wildman–Crippen MR) is 83.6 cm³/mol. The molecule has 1 aliphatic rings. The maximum absolute atomic E-state index is 12.2. The second-order valence-electron chi connectivity index (χ2n) is 5.37. The number of ether oxygens (including phenoxy) is 1.